The van der Waals surface area contributed by atoms with Gasteiger partial charge < -0.3 is 10.4 Å². The standard InChI is InChI=1S/C15H20N4O2/c1-10(15(2,3)4)19-14(18(19)9-16)17-12-7-5-11(6-8-12)13(20)21/h5-8,10,14,17H,1-4H3,(H,20,21). The van der Waals surface area contributed by atoms with E-state index >= 15 is 0 Å². The minimum atomic E-state index is -0.949. The van der Waals surface area contributed by atoms with Gasteiger partial charge in [0.1, 0.15) is 0 Å². The number of nitrogens with one attached hydrogen (secondary N) is 1. The predicted octanol–water partition coefficient (Wildman–Crippen LogP) is 2.53. The second-order valence-electron chi connectivity index (χ2n) is 6.27. The second-order valence-corrected chi connectivity index (χ2v) is 6.27. The maximum atomic E-state index is 10.8. The number of benzene rings is 1. The molecule has 112 valence electrons. The Bertz CT molecular complexity index is 571. The minimum Gasteiger partial charge on any atom is -0.478 e. The number of nitriles is 1. The van der Waals surface area contributed by atoms with Crippen LogP contribution in [0.25, 0.3) is 0 Å². The van der Waals surface area contributed by atoms with Crippen LogP contribution in [0.4, 0.5) is 5.69 Å². The first-order chi connectivity index (χ1) is 9.75. The van der Waals surface area contributed by atoms with Gasteiger partial charge in [0.25, 0.3) is 0 Å². The highest BCUT2D eigenvalue weighted by Crippen LogP contribution is 2.36. The highest BCUT2D eigenvalue weighted by molar-refractivity contribution is 5.88. The molecule has 0 aromatic heterocycles. The molecule has 1 fully saturated rings. The van der Waals surface area contributed by atoms with Gasteiger partial charge in [-0.1, -0.05) is 20.8 Å². The van der Waals surface area contributed by atoms with Gasteiger partial charge in [-0.3, -0.25) is 0 Å². The summed E-state index contributed by atoms with van der Waals surface area (Å²) < 4.78 is 0. The first-order valence-corrected chi connectivity index (χ1v) is 6.83. The monoisotopic (exact) mass is 288 g/mol. The zero-order valence-corrected chi connectivity index (χ0v) is 12.7. The average molecular weight is 288 g/mol. The van der Waals surface area contributed by atoms with E-state index in [9.17, 15) is 10.1 Å². The molecular weight excluding hydrogens is 268 g/mol. The van der Waals surface area contributed by atoms with Crippen LogP contribution in [-0.4, -0.2) is 33.4 Å². The van der Waals surface area contributed by atoms with E-state index < -0.39 is 5.97 Å². The molecule has 1 aliphatic heterocycles. The molecule has 1 heterocycles. The van der Waals surface area contributed by atoms with Crippen molar-refractivity contribution >= 4 is 11.7 Å². The molecule has 0 radical (unpaired) electrons. The third-order valence-electron chi connectivity index (χ3n) is 3.86. The molecule has 0 bridgehead atoms. The van der Waals surface area contributed by atoms with Crippen LogP contribution in [0.15, 0.2) is 24.3 Å². The van der Waals surface area contributed by atoms with E-state index in [1.165, 1.54) is 0 Å². The molecule has 0 aliphatic carbocycles. The third-order valence-corrected chi connectivity index (χ3v) is 3.86. The summed E-state index contributed by atoms with van der Waals surface area (Å²) in [6.07, 6.45) is 1.96. The highest BCUT2D eigenvalue weighted by atomic mass is 16.4. The summed E-state index contributed by atoms with van der Waals surface area (Å²) >= 11 is 0. The quantitative estimate of drug-likeness (QED) is 0.654. The van der Waals surface area contributed by atoms with Crippen molar-refractivity contribution in [3.63, 3.8) is 0 Å². The van der Waals surface area contributed by atoms with Crippen molar-refractivity contribution in [1.29, 1.82) is 5.26 Å². The summed E-state index contributed by atoms with van der Waals surface area (Å²) in [6, 6.07) is 6.70. The Labute approximate surface area is 124 Å². The fourth-order valence-corrected chi connectivity index (χ4v) is 2.07. The van der Waals surface area contributed by atoms with E-state index in [1.807, 2.05) is 5.01 Å². The molecular formula is C15H20N4O2. The molecule has 1 aromatic carbocycles. The van der Waals surface area contributed by atoms with Crippen LogP contribution in [-0.2, 0) is 0 Å². The van der Waals surface area contributed by atoms with Crippen molar-refractivity contribution in [2.24, 2.45) is 5.41 Å². The van der Waals surface area contributed by atoms with Gasteiger partial charge in [-0.15, -0.1) is 0 Å². The molecule has 2 N–H and O–H groups in total. The van der Waals surface area contributed by atoms with Gasteiger partial charge in [-0.05, 0) is 36.6 Å². The van der Waals surface area contributed by atoms with Gasteiger partial charge >= 0.3 is 5.97 Å². The molecule has 3 atom stereocenters. The number of hydrazine groups is 1. The number of carboxylic acid groups (broad SMARTS) is 1. The molecule has 0 spiro atoms. The molecule has 21 heavy (non-hydrogen) atoms. The van der Waals surface area contributed by atoms with Gasteiger partial charge in [-0.25, -0.2) is 4.79 Å². The maximum Gasteiger partial charge on any atom is 0.335 e. The van der Waals surface area contributed by atoms with E-state index in [0.29, 0.717) is 0 Å². The molecule has 1 aromatic rings. The number of rotatable bonds is 4. The van der Waals surface area contributed by atoms with E-state index in [-0.39, 0.29) is 23.3 Å². The number of nitrogens with zero attached hydrogens (tertiary/aromatic N) is 3. The fourth-order valence-electron chi connectivity index (χ4n) is 2.07. The molecule has 0 saturated carbocycles. The van der Waals surface area contributed by atoms with Gasteiger partial charge in [0, 0.05) is 11.7 Å². The van der Waals surface area contributed by atoms with E-state index in [1.54, 1.807) is 29.3 Å². The van der Waals surface area contributed by atoms with Crippen LogP contribution in [0, 0.1) is 16.9 Å². The van der Waals surface area contributed by atoms with Crippen LogP contribution >= 0.6 is 0 Å². The number of aromatic carboxylic acids is 1. The SMILES string of the molecule is CC(N1C(Nc2ccc(C(=O)O)cc2)N1C#N)C(C)(C)C. The van der Waals surface area contributed by atoms with E-state index in [0.717, 1.165) is 5.69 Å². The van der Waals surface area contributed by atoms with Gasteiger partial charge in [0.15, 0.2) is 12.5 Å². The lowest BCUT2D eigenvalue weighted by Crippen LogP contribution is -2.33. The van der Waals surface area contributed by atoms with Crippen LogP contribution in [0.2, 0.25) is 0 Å². The largest absolute Gasteiger partial charge is 0.478 e. The molecule has 2 rings (SSSR count). The van der Waals surface area contributed by atoms with Gasteiger partial charge in [-0.2, -0.15) is 15.3 Å². The maximum absolute atomic E-state index is 10.8. The number of hydrogen-bond acceptors (Lipinski definition) is 5. The summed E-state index contributed by atoms with van der Waals surface area (Å²) in [7, 11) is 0. The van der Waals surface area contributed by atoms with Crippen LogP contribution in [0.5, 0.6) is 0 Å². The Morgan fingerprint density at radius 2 is 1.95 bits per heavy atom. The Morgan fingerprint density at radius 3 is 2.38 bits per heavy atom. The molecule has 0 amide bonds. The molecule has 1 saturated heterocycles. The smallest absolute Gasteiger partial charge is 0.335 e. The van der Waals surface area contributed by atoms with Gasteiger partial charge in [0.2, 0.25) is 0 Å². The summed E-state index contributed by atoms with van der Waals surface area (Å²) in [5.74, 6) is -0.949. The normalized spacial score (nSPS) is 22.3. The van der Waals surface area contributed by atoms with Crippen molar-refractivity contribution in [2.45, 2.75) is 40.0 Å². The first-order valence-electron chi connectivity index (χ1n) is 6.83. The molecule has 3 unspecified atom stereocenters. The molecule has 1 aliphatic rings. The third kappa shape index (κ3) is 3.09. The van der Waals surface area contributed by atoms with Crippen molar-refractivity contribution in [3.05, 3.63) is 29.8 Å². The zero-order valence-electron chi connectivity index (χ0n) is 12.7. The number of carbonyl (C=O) groups is 1. The lowest BCUT2D eigenvalue weighted by Gasteiger charge is -2.27. The lowest BCUT2D eigenvalue weighted by molar-refractivity contribution is 0.0697. The van der Waals surface area contributed by atoms with Crippen molar-refractivity contribution < 1.29 is 9.90 Å². The van der Waals surface area contributed by atoms with E-state index in [4.69, 9.17) is 5.11 Å². The van der Waals surface area contributed by atoms with Crippen molar-refractivity contribution in [3.8, 4) is 6.19 Å². The summed E-state index contributed by atoms with van der Waals surface area (Å²) in [5, 5.41) is 24.8. The Balaban J connectivity index is 2.06. The predicted molar refractivity (Wildman–Crippen MR) is 79.0 cm³/mol. The fraction of sp³-hybridized carbons (Fsp3) is 0.467. The van der Waals surface area contributed by atoms with Crippen LogP contribution in [0.1, 0.15) is 38.1 Å². The topological polar surface area (TPSA) is 79.1 Å². The van der Waals surface area contributed by atoms with Crippen molar-refractivity contribution in [1.82, 2.24) is 10.0 Å². The second kappa shape index (κ2) is 5.26. The Morgan fingerprint density at radius 1 is 1.38 bits per heavy atom. The van der Waals surface area contributed by atoms with E-state index in [2.05, 4.69) is 39.2 Å². The highest BCUT2D eigenvalue weighted by Gasteiger charge is 2.51. The average Bonchev–Trinajstić information content (AvgIpc) is 3.10. The summed E-state index contributed by atoms with van der Waals surface area (Å²) in [6.45, 7) is 8.47. The number of carboxylic acids is 1. The van der Waals surface area contributed by atoms with Gasteiger partial charge in [0.05, 0.1) is 5.56 Å². The van der Waals surface area contributed by atoms with Crippen molar-refractivity contribution in [2.75, 3.05) is 5.32 Å². The zero-order chi connectivity index (χ0) is 15.8. The molecule has 6 heteroatoms. The number of hydrogen-bond donors (Lipinski definition) is 2. The summed E-state index contributed by atoms with van der Waals surface area (Å²) in [4.78, 5) is 10.8. The Hall–Kier alpha value is -2.26. The van der Waals surface area contributed by atoms with Crippen LogP contribution < -0.4 is 5.32 Å². The minimum absolute atomic E-state index is 0.0543. The van der Waals surface area contributed by atoms with Crippen LogP contribution in [0.3, 0.4) is 0 Å². The lowest BCUT2D eigenvalue weighted by atomic mass is 9.88. The molecule has 6 nitrogen and oxygen atoms in total. The number of anilines is 1. The first kappa shape index (κ1) is 15.1. The summed E-state index contributed by atoms with van der Waals surface area (Å²) in [5.41, 5.74) is 1.08. The Kier molecular flexibility index (Phi) is 3.79.